The number of carbonyl (C=O) groups is 1. The molecule has 4 nitrogen and oxygen atoms in total. The van der Waals surface area contributed by atoms with Crippen molar-refractivity contribution in [2.45, 2.75) is 6.92 Å². The molecule has 3 aromatic carbocycles. The van der Waals surface area contributed by atoms with Crippen LogP contribution in [0, 0.1) is 18.3 Å². The van der Waals surface area contributed by atoms with Crippen molar-refractivity contribution in [2.75, 3.05) is 7.11 Å². The lowest BCUT2D eigenvalue weighted by molar-refractivity contribution is 0.0734. The molecular formula is C24H19NO3. The van der Waals surface area contributed by atoms with Crippen molar-refractivity contribution in [1.82, 2.24) is 0 Å². The second kappa shape index (κ2) is 8.70. The van der Waals surface area contributed by atoms with Gasteiger partial charge in [0, 0.05) is 0 Å². The van der Waals surface area contributed by atoms with Crippen LogP contribution < -0.4 is 9.47 Å². The van der Waals surface area contributed by atoms with Crippen molar-refractivity contribution in [1.29, 1.82) is 5.26 Å². The Bertz CT molecular complexity index is 1060. The Kier molecular flexibility index (Phi) is 5.88. The maximum absolute atomic E-state index is 12.3. The van der Waals surface area contributed by atoms with Gasteiger partial charge in [0.15, 0.2) is 0 Å². The number of carbonyl (C=O) groups excluding carboxylic acids is 1. The van der Waals surface area contributed by atoms with Gasteiger partial charge in [-0.3, -0.25) is 0 Å². The van der Waals surface area contributed by atoms with E-state index in [1.807, 2.05) is 37.3 Å². The van der Waals surface area contributed by atoms with E-state index in [9.17, 15) is 10.1 Å². The van der Waals surface area contributed by atoms with E-state index in [0.717, 1.165) is 22.4 Å². The number of hydrogen-bond acceptors (Lipinski definition) is 4. The summed E-state index contributed by atoms with van der Waals surface area (Å²) in [5.41, 5.74) is 3.54. The van der Waals surface area contributed by atoms with E-state index in [0.29, 0.717) is 16.9 Å². The van der Waals surface area contributed by atoms with Crippen LogP contribution in [-0.2, 0) is 0 Å². The number of aryl methyl sites for hydroxylation is 1. The molecule has 0 unspecified atom stereocenters. The van der Waals surface area contributed by atoms with Crippen molar-refractivity contribution in [2.24, 2.45) is 0 Å². The lowest BCUT2D eigenvalue weighted by Crippen LogP contribution is -2.08. The molecule has 28 heavy (non-hydrogen) atoms. The smallest absolute Gasteiger partial charge is 0.343 e. The molecule has 0 bridgehead atoms. The zero-order valence-electron chi connectivity index (χ0n) is 15.7. The van der Waals surface area contributed by atoms with Gasteiger partial charge in [0.2, 0.25) is 0 Å². The predicted octanol–water partition coefficient (Wildman–Crippen LogP) is 5.29. The number of esters is 1. The van der Waals surface area contributed by atoms with Crippen molar-refractivity contribution < 1.29 is 14.3 Å². The molecule has 0 N–H and O–H groups in total. The molecule has 3 rings (SSSR count). The maximum atomic E-state index is 12.3. The zero-order valence-corrected chi connectivity index (χ0v) is 15.7. The van der Waals surface area contributed by atoms with E-state index in [1.54, 1.807) is 55.7 Å². The first-order valence-corrected chi connectivity index (χ1v) is 8.74. The van der Waals surface area contributed by atoms with Crippen molar-refractivity contribution >= 4 is 17.6 Å². The summed E-state index contributed by atoms with van der Waals surface area (Å²) >= 11 is 0. The minimum absolute atomic E-state index is 0.416. The van der Waals surface area contributed by atoms with Crippen LogP contribution >= 0.6 is 0 Å². The minimum Gasteiger partial charge on any atom is -0.497 e. The number of ether oxygens (including phenoxy) is 2. The van der Waals surface area contributed by atoms with Crippen molar-refractivity contribution in [3.8, 4) is 17.6 Å². The fraction of sp³-hybridized carbons (Fsp3) is 0.0833. The summed E-state index contributed by atoms with van der Waals surface area (Å²) in [6, 6.07) is 23.8. The lowest BCUT2D eigenvalue weighted by Gasteiger charge is -2.06. The first-order chi connectivity index (χ1) is 13.6. The summed E-state index contributed by atoms with van der Waals surface area (Å²) < 4.78 is 10.6. The Morgan fingerprint density at radius 3 is 2.36 bits per heavy atom. The average molecular weight is 369 g/mol. The summed E-state index contributed by atoms with van der Waals surface area (Å²) in [7, 11) is 1.60. The van der Waals surface area contributed by atoms with Crippen molar-refractivity contribution in [3.63, 3.8) is 0 Å². The molecule has 0 aliphatic heterocycles. The first kappa shape index (κ1) is 18.9. The molecule has 0 aliphatic rings. The van der Waals surface area contributed by atoms with E-state index in [2.05, 4.69) is 6.07 Å². The first-order valence-electron chi connectivity index (χ1n) is 8.74. The fourth-order valence-electron chi connectivity index (χ4n) is 2.72. The number of hydrogen-bond donors (Lipinski definition) is 0. The van der Waals surface area contributed by atoms with Gasteiger partial charge < -0.3 is 9.47 Å². The highest BCUT2D eigenvalue weighted by atomic mass is 16.5. The van der Waals surface area contributed by atoms with Gasteiger partial charge in [0.05, 0.1) is 24.3 Å². The quantitative estimate of drug-likeness (QED) is 0.265. The van der Waals surface area contributed by atoms with E-state index >= 15 is 0 Å². The summed E-state index contributed by atoms with van der Waals surface area (Å²) in [5.74, 6) is 0.735. The van der Waals surface area contributed by atoms with Gasteiger partial charge in [0.25, 0.3) is 0 Å². The number of nitrogens with zero attached hydrogens (tertiary/aromatic N) is 1. The summed E-state index contributed by atoms with van der Waals surface area (Å²) in [6.07, 6.45) is 1.76. The van der Waals surface area contributed by atoms with Crippen LogP contribution in [0.15, 0.2) is 72.8 Å². The highest BCUT2D eigenvalue weighted by Gasteiger charge is 2.09. The van der Waals surface area contributed by atoms with Crippen LogP contribution in [0.25, 0.3) is 11.6 Å². The van der Waals surface area contributed by atoms with Crippen LogP contribution in [-0.4, -0.2) is 13.1 Å². The van der Waals surface area contributed by atoms with Gasteiger partial charge in [-0.15, -0.1) is 0 Å². The fourth-order valence-corrected chi connectivity index (χ4v) is 2.72. The molecule has 138 valence electrons. The Labute approximate surface area is 164 Å². The highest BCUT2D eigenvalue weighted by molar-refractivity contribution is 5.92. The van der Waals surface area contributed by atoms with Crippen LogP contribution in [0.3, 0.4) is 0 Å². The lowest BCUT2D eigenvalue weighted by atomic mass is 10.0. The average Bonchev–Trinajstić information content (AvgIpc) is 2.72. The Morgan fingerprint density at radius 2 is 1.68 bits per heavy atom. The van der Waals surface area contributed by atoms with Gasteiger partial charge >= 0.3 is 5.97 Å². The van der Waals surface area contributed by atoms with Crippen LogP contribution in [0.1, 0.15) is 27.0 Å². The van der Waals surface area contributed by atoms with E-state index in [-0.39, 0.29) is 0 Å². The van der Waals surface area contributed by atoms with Gasteiger partial charge in [-0.25, -0.2) is 4.79 Å². The van der Waals surface area contributed by atoms with Gasteiger partial charge in [0.1, 0.15) is 11.5 Å². The molecule has 0 atom stereocenters. The number of nitriles is 1. The standard InChI is InChI=1S/C24H19NO3/c1-17-5-3-7-20(13-17)24(26)28-23-8-4-6-18(15-23)14-21(16-25)19-9-11-22(27-2)12-10-19/h3-15H,1-2H3/b21-14-. The van der Waals surface area contributed by atoms with Gasteiger partial charge in [-0.1, -0.05) is 29.8 Å². The number of methoxy groups -OCH3 is 1. The molecule has 0 radical (unpaired) electrons. The predicted molar refractivity (Wildman–Crippen MR) is 109 cm³/mol. The Balaban J connectivity index is 1.82. The molecule has 0 spiro atoms. The topological polar surface area (TPSA) is 59.3 Å². The monoisotopic (exact) mass is 369 g/mol. The number of rotatable bonds is 5. The molecular weight excluding hydrogens is 350 g/mol. The van der Waals surface area contributed by atoms with E-state index in [4.69, 9.17) is 9.47 Å². The molecule has 3 aromatic rings. The molecule has 4 heteroatoms. The molecule has 0 saturated heterocycles. The molecule has 0 saturated carbocycles. The van der Waals surface area contributed by atoms with Crippen LogP contribution in [0.5, 0.6) is 11.5 Å². The third kappa shape index (κ3) is 4.66. The normalized spacial score (nSPS) is 10.8. The Hall–Kier alpha value is -3.84. The maximum Gasteiger partial charge on any atom is 0.343 e. The highest BCUT2D eigenvalue weighted by Crippen LogP contribution is 2.23. The largest absolute Gasteiger partial charge is 0.497 e. The zero-order chi connectivity index (χ0) is 19.9. The summed E-state index contributed by atoms with van der Waals surface area (Å²) in [6.45, 7) is 1.92. The van der Waals surface area contributed by atoms with Gasteiger partial charge in [-0.2, -0.15) is 5.26 Å². The second-order valence-corrected chi connectivity index (χ2v) is 6.23. The van der Waals surface area contributed by atoms with Crippen LogP contribution in [0.2, 0.25) is 0 Å². The van der Waals surface area contributed by atoms with Crippen LogP contribution in [0.4, 0.5) is 0 Å². The third-order valence-corrected chi connectivity index (χ3v) is 4.15. The molecule has 0 heterocycles. The second-order valence-electron chi connectivity index (χ2n) is 6.23. The molecule has 0 aliphatic carbocycles. The van der Waals surface area contributed by atoms with E-state index < -0.39 is 5.97 Å². The number of allylic oxidation sites excluding steroid dienone is 1. The molecule has 0 aromatic heterocycles. The van der Waals surface area contributed by atoms with Crippen molar-refractivity contribution in [3.05, 3.63) is 95.1 Å². The van der Waals surface area contributed by atoms with Gasteiger partial charge in [-0.05, 0) is 72.7 Å². The molecule has 0 amide bonds. The summed E-state index contributed by atoms with van der Waals surface area (Å²) in [4.78, 5) is 12.3. The number of benzene rings is 3. The SMILES string of the molecule is COc1ccc(/C(C#N)=C\c2cccc(OC(=O)c3cccc(C)c3)c2)cc1. The third-order valence-electron chi connectivity index (χ3n) is 4.15. The Morgan fingerprint density at radius 1 is 0.929 bits per heavy atom. The molecule has 0 fully saturated rings. The minimum atomic E-state index is -0.416. The van der Waals surface area contributed by atoms with E-state index in [1.165, 1.54) is 0 Å². The summed E-state index contributed by atoms with van der Waals surface area (Å²) in [5, 5.41) is 9.52.